The van der Waals surface area contributed by atoms with Gasteiger partial charge in [-0.25, -0.2) is 9.97 Å². The third-order valence-corrected chi connectivity index (χ3v) is 7.22. The van der Waals surface area contributed by atoms with Crippen LogP contribution in [-0.2, 0) is 13.0 Å². The number of nitro benzene ring substituents is 1. The number of benzene rings is 2. The van der Waals surface area contributed by atoms with E-state index in [0.29, 0.717) is 33.7 Å². The highest BCUT2D eigenvalue weighted by Gasteiger charge is 2.23. The molecule has 0 fully saturated rings. The maximum Gasteiger partial charge on any atom is 0.294 e. The predicted octanol–water partition coefficient (Wildman–Crippen LogP) is 6.64. The van der Waals surface area contributed by atoms with E-state index in [1.807, 2.05) is 30.9 Å². The number of halogens is 2. The molecule has 0 radical (unpaired) electrons. The zero-order valence-electron chi connectivity index (χ0n) is 20.8. The summed E-state index contributed by atoms with van der Waals surface area (Å²) < 4.78 is 2.25. The molecule has 0 aliphatic carbocycles. The minimum absolute atomic E-state index is 0. The first-order chi connectivity index (χ1) is 17.7. The molecule has 0 amide bonds. The summed E-state index contributed by atoms with van der Waals surface area (Å²) in [6.07, 6.45) is 5.75. The molecule has 2 aromatic heterocycles. The molecule has 3 heterocycles. The van der Waals surface area contributed by atoms with Crippen molar-refractivity contribution >= 4 is 57.1 Å². The van der Waals surface area contributed by atoms with Gasteiger partial charge in [0, 0.05) is 49.9 Å². The number of aromatic nitrogens is 3. The van der Waals surface area contributed by atoms with E-state index in [0.717, 1.165) is 36.9 Å². The Morgan fingerprint density at radius 3 is 2.68 bits per heavy atom. The Balaban J connectivity index is 0.00000336. The second-order valence-electron chi connectivity index (χ2n) is 9.47. The average Bonchev–Trinajstić information content (AvgIpc) is 3.25. The van der Waals surface area contributed by atoms with Crippen LogP contribution in [0.25, 0.3) is 22.2 Å². The fourth-order valence-electron chi connectivity index (χ4n) is 4.75. The summed E-state index contributed by atoms with van der Waals surface area (Å²) in [6, 6.07) is 9.31. The zero-order valence-corrected chi connectivity index (χ0v) is 22.3. The predicted molar refractivity (Wildman–Crippen MR) is 156 cm³/mol. The molecule has 38 heavy (non-hydrogen) atoms. The monoisotopic (exact) mass is 555 g/mol. The summed E-state index contributed by atoms with van der Waals surface area (Å²) in [5, 5.41) is 16.8. The van der Waals surface area contributed by atoms with E-state index in [-0.39, 0.29) is 19.1 Å². The Morgan fingerprint density at radius 1 is 1.16 bits per heavy atom. The molecular weight excluding hydrogens is 525 g/mol. The number of rotatable bonds is 8. The summed E-state index contributed by atoms with van der Waals surface area (Å²) in [5.41, 5.74) is 4.75. The Labute approximate surface area is 232 Å². The third-order valence-electron chi connectivity index (χ3n) is 6.63. The summed E-state index contributed by atoms with van der Waals surface area (Å²) in [5.74, 6) is 0.247. The van der Waals surface area contributed by atoms with Crippen LogP contribution >= 0.6 is 23.2 Å². The van der Waals surface area contributed by atoms with Crippen LogP contribution in [0.2, 0.25) is 10.0 Å². The van der Waals surface area contributed by atoms with Crippen molar-refractivity contribution in [2.45, 2.75) is 26.8 Å². The number of nitrogens with one attached hydrogen (secondary N) is 1. The summed E-state index contributed by atoms with van der Waals surface area (Å²) in [6.45, 7) is 2.29. The van der Waals surface area contributed by atoms with E-state index in [9.17, 15) is 10.1 Å². The number of likely N-dealkylation sites (N-methyl/N-ethyl adjacent to an activating group) is 2. The van der Waals surface area contributed by atoms with Crippen molar-refractivity contribution < 1.29 is 4.92 Å². The zero-order chi connectivity index (χ0) is 26.3. The standard InChI is InChI=1S/C26H27Cl2N7O2.CH4/c1-32(2)10-11-33(3)22-12-19(27)21(13-23(22)35(36)37)30-26-29-14-20(28)24(31-26)18-15-34-9-5-7-16-6-4-8-17(18)25(16)34;/h4,6,8,12-15H,5,7,9-11H2,1-3H3,(H,29,30,31);1H4. The molecule has 0 saturated carbocycles. The van der Waals surface area contributed by atoms with Gasteiger partial charge in [-0.3, -0.25) is 10.1 Å². The lowest BCUT2D eigenvalue weighted by Crippen LogP contribution is -2.28. The van der Waals surface area contributed by atoms with Crippen LogP contribution in [0, 0.1) is 10.1 Å². The molecule has 0 unspecified atom stereocenters. The van der Waals surface area contributed by atoms with E-state index in [4.69, 9.17) is 28.2 Å². The van der Waals surface area contributed by atoms with Crippen molar-refractivity contribution in [3.8, 4) is 11.3 Å². The molecule has 5 rings (SSSR count). The Morgan fingerprint density at radius 2 is 1.95 bits per heavy atom. The number of nitro groups is 1. The van der Waals surface area contributed by atoms with Gasteiger partial charge in [0.1, 0.15) is 5.69 Å². The molecule has 2 aromatic carbocycles. The third kappa shape index (κ3) is 5.27. The maximum absolute atomic E-state index is 11.9. The van der Waals surface area contributed by atoms with Crippen molar-refractivity contribution in [3.63, 3.8) is 0 Å². The highest BCUT2D eigenvalue weighted by Crippen LogP contribution is 2.39. The van der Waals surface area contributed by atoms with Gasteiger partial charge in [0.2, 0.25) is 5.95 Å². The molecular formula is C27H31Cl2N7O2. The van der Waals surface area contributed by atoms with Crippen LogP contribution in [0.3, 0.4) is 0 Å². The van der Waals surface area contributed by atoms with Crippen molar-refractivity contribution in [2.24, 2.45) is 0 Å². The van der Waals surface area contributed by atoms with E-state index in [1.54, 1.807) is 6.07 Å². The normalized spacial score (nSPS) is 12.5. The Hall–Kier alpha value is -3.40. The minimum atomic E-state index is -0.412. The van der Waals surface area contributed by atoms with Crippen molar-refractivity contribution in [1.29, 1.82) is 0 Å². The fraction of sp³-hybridized carbons (Fsp3) is 0.333. The van der Waals surface area contributed by atoms with Crippen molar-refractivity contribution in [1.82, 2.24) is 19.4 Å². The van der Waals surface area contributed by atoms with Crippen molar-refractivity contribution in [3.05, 3.63) is 68.4 Å². The lowest BCUT2D eigenvalue weighted by atomic mass is 10.0. The molecule has 1 aliphatic rings. The van der Waals surface area contributed by atoms with E-state index < -0.39 is 4.92 Å². The molecule has 4 aromatic rings. The van der Waals surface area contributed by atoms with Crippen LogP contribution in [0.4, 0.5) is 23.0 Å². The van der Waals surface area contributed by atoms with Gasteiger partial charge < -0.3 is 19.7 Å². The van der Waals surface area contributed by atoms with E-state index >= 15 is 0 Å². The number of hydrogen-bond acceptors (Lipinski definition) is 7. The first-order valence-electron chi connectivity index (χ1n) is 12.0. The Kier molecular flexibility index (Phi) is 8.10. The molecule has 11 heteroatoms. The smallest absolute Gasteiger partial charge is 0.294 e. The first kappa shape index (κ1) is 27.6. The lowest BCUT2D eigenvalue weighted by molar-refractivity contribution is -0.384. The number of nitrogens with zero attached hydrogens (tertiary/aromatic N) is 6. The number of aryl methyl sites for hydroxylation is 2. The van der Waals surface area contributed by atoms with Crippen LogP contribution < -0.4 is 10.2 Å². The second-order valence-corrected chi connectivity index (χ2v) is 10.3. The van der Waals surface area contributed by atoms with Gasteiger partial charge in [-0.2, -0.15) is 0 Å². The van der Waals surface area contributed by atoms with Crippen LogP contribution in [0.1, 0.15) is 19.4 Å². The van der Waals surface area contributed by atoms with Gasteiger partial charge in [0.05, 0.1) is 38.1 Å². The number of anilines is 3. The molecule has 1 aliphatic heterocycles. The Bertz CT molecular complexity index is 1500. The van der Waals surface area contributed by atoms with Gasteiger partial charge in [-0.1, -0.05) is 48.8 Å². The maximum atomic E-state index is 11.9. The summed E-state index contributed by atoms with van der Waals surface area (Å²) in [7, 11) is 5.71. The molecule has 0 spiro atoms. The van der Waals surface area contributed by atoms with Crippen LogP contribution in [0.15, 0.2) is 42.7 Å². The molecule has 0 saturated heterocycles. The van der Waals surface area contributed by atoms with Crippen LogP contribution in [0.5, 0.6) is 0 Å². The van der Waals surface area contributed by atoms with Gasteiger partial charge in [0.15, 0.2) is 0 Å². The number of para-hydroxylation sites is 1. The topological polar surface area (TPSA) is 92.4 Å². The van der Waals surface area contributed by atoms with Crippen molar-refractivity contribution in [2.75, 3.05) is 44.4 Å². The SMILES string of the molecule is C.CN(C)CCN(C)c1cc(Cl)c(Nc2ncc(Cl)c(-c3cn4c5c(cccc35)CCC4)n2)cc1[N+](=O)[O-]. The first-order valence-corrected chi connectivity index (χ1v) is 12.7. The second kappa shape index (κ2) is 11.1. The highest BCUT2D eigenvalue weighted by molar-refractivity contribution is 6.34. The van der Waals surface area contributed by atoms with E-state index in [1.165, 1.54) is 23.3 Å². The summed E-state index contributed by atoms with van der Waals surface area (Å²) in [4.78, 5) is 24.3. The van der Waals surface area contributed by atoms with Gasteiger partial charge in [-0.05, 0) is 38.6 Å². The number of hydrogen-bond donors (Lipinski definition) is 1. The minimum Gasteiger partial charge on any atom is -0.368 e. The summed E-state index contributed by atoms with van der Waals surface area (Å²) >= 11 is 13.1. The average molecular weight is 556 g/mol. The largest absolute Gasteiger partial charge is 0.368 e. The molecule has 0 bridgehead atoms. The quantitative estimate of drug-likeness (QED) is 0.192. The molecule has 200 valence electrons. The molecule has 9 nitrogen and oxygen atoms in total. The van der Waals surface area contributed by atoms with Gasteiger partial charge >= 0.3 is 0 Å². The van der Waals surface area contributed by atoms with Crippen LogP contribution in [-0.4, -0.2) is 58.6 Å². The van der Waals surface area contributed by atoms with Gasteiger partial charge in [-0.15, -0.1) is 0 Å². The van der Waals surface area contributed by atoms with Gasteiger partial charge in [0.25, 0.3) is 5.69 Å². The molecule has 0 atom stereocenters. The fourth-order valence-corrected chi connectivity index (χ4v) is 5.15. The van der Waals surface area contributed by atoms with E-state index in [2.05, 4.69) is 39.3 Å². The highest BCUT2D eigenvalue weighted by atomic mass is 35.5. The lowest BCUT2D eigenvalue weighted by Gasteiger charge is -2.22. The molecule has 1 N–H and O–H groups in total.